The monoisotopic (exact) mass is 403 g/mol. The predicted octanol–water partition coefficient (Wildman–Crippen LogP) is 2.92. The van der Waals surface area contributed by atoms with Crippen molar-refractivity contribution in [2.24, 2.45) is 0 Å². The zero-order valence-electron chi connectivity index (χ0n) is 16.4. The fourth-order valence-corrected chi connectivity index (χ4v) is 4.05. The van der Waals surface area contributed by atoms with Crippen molar-refractivity contribution in [1.82, 2.24) is 9.80 Å². The largest absolute Gasteiger partial charge is 0.451 e. The number of amides is 3. The van der Waals surface area contributed by atoms with Gasteiger partial charge in [-0.1, -0.05) is 18.2 Å². The van der Waals surface area contributed by atoms with Crippen molar-refractivity contribution in [1.29, 1.82) is 0 Å². The van der Waals surface area contributed by atoms with Gasteiger partial charge in [0, 0.05) is 49.2 Å². The Morgan fingerprint density at radius 1 is 0.867 bits per heavy atom. The Morgan fingerprint density at radius 2 is 1.60 bits per heavy atom. The van der Waals surface area contributed by atoms with Crippen LogP contribution in [0.3, 0.4) is 0 Å². The van der Waals surface area contributed by atoms with E-state index in [4.69, 9.17) is 4.42 Å². The molecule has 0 bridgehead atoms. The van der Waals surface area contributed by atoms with E-state index < -0.39 is 0 Å². The molecule has 2 aliphatic rings. The van der Waals surface area contributed by atoms with Gasteiger partial charge in [0.1, 0.15) is 5.58 Å². The van der Waals surface area contributed by atoms with Crippen LogP contribution in [0.15, 0.2) is 52.9 Å². The molecule has 7 heteroatoms. The normalized spacial score (nSPS) is 16.3. The Bertz CT molecular complexity index is 1130. The summed E-state index contributed by atoms with van der Waals surface area (Å²) >= 11 is 0. The van der Waals surface area contributed by atoms with Crippen LogP contribution in [0, 0.1) is 0 Å². The number of carbonyl (C=O) groups excluding carboxylic acids is 3. The van der Waals surface area contributed by atoms with Gasteiger partial charge in [0.05, 0.1) is 0 Å². The summed E-state index contributed by atoms with van der Waals surface area (Å²) in [5, 5.41) is 3.73. The molecule has 2 aliphatic heterocycles. The van der Waals surface area contributed by atoms with Crippen LogP contribution in [0.25, 0.3) is 11.0 Å². The lowest BCUT2D eigenvalue weighted by atomic mass is 10.00. The number of rotatable bonds is 2. The molecular weight excluding hydrogens is 382 g/mol. The van der Waals surface area contributed by atoms with E-state index >= 15 is 0 Å². The molecule has 1 N–H and O–H groups in total. The Kier molecular flexibility index (Phi) is 4.50. The highest BCUT2D eigenvalue weighted by Crippen LogP contribution is 2.25. The third-order valence-electron chi connectivity index (χ3n) is 5.74. The minimum absolute atomic E-state index is 0.00631. The highest BCUT2D eigenvalue weighted by molar-refractivity contribution is 5.99. The second kappa shape index (κ2) is 7.33. The van der Waals surface area contributed by atoms with Crippen molar-refractivity contribution in [3.8, 4) is 0 Å². The van der Waals surface area contributed by atoms with Crippen LogP contribution in [0.4, 0.5) is 5.69 Å². The van der Waals surface area contributed by atoms with Gasteiger partial charge in [0.2, 0.25) is 5.91 Å². The van der Waals surface area contributed by atoms with Gasteiger partial charge in [-0.25, -0.2) is 0 Å². The first-order chi connectivity index (χ1) is 14.6. The summed E-state index contributed by atoms with van der Waals surface area (Å²) in [5.74, 6) is 0.132. The van der Waals surface area contributed by atoms with Crippen molar-refractivity contribution in [3.63, 3.8) is 0 Å². The predicted molar refractivity (Wildman–Crippen MR) is 111 cm³/mol. The van der Waals surface area contributed by atoms with Gasteiger partial charge in [-0.15, -0.1) is 0 Å². The summed E-state index contributed by atoms with van der Waals surface area (Å²) in [6.45, 7) is 1.86. The molecule has 30 heavy (non-hydrogen) atoms. The summed E-state index contributed by atoms with van der Waals surface area (Å²) < 4.78 is 5.69. The average molecular weight is 403 g/mol. The molecule has 5 rings (SSSR count). The van der Waals surface area contributed by atoms with E-state index in [2.05, 4.69) is 5.32 Å². The van der Waals surface area contributed by atoms with Crippen LogP contribution in [-0.2, 0) is 11.2 Å². The van der Waals surface area contributed by atoms with E-state index in [1.54, 1.807) is 28.0 Å². The van der Waals surface area contributed by atoms with Crippen LogP contribution in [0.5, 0.6) is 0 Å². The fraction of sp³-hybridized carbons (Fsp3) is 0.261. The maximum atomic E-state index is 12.9. The molecule has 0 spiro atoms. The number of nitrogens with one attached hydrogen (secondary N) is 1. The highest BCUT2D eigenvalue weighted by atomic mass is 16.3. The third kappa shape index (κ3) is 3.32. The van der Waals surface area contributed by atoms with Gasteiger partial charge in [-0.3, -0.25) is 14.4 Å². The molecule has 1 aromatic heterocycles. The molecule has 152 valence electrons. The molecular formula is C23H21N3O4. The number of anilines is 1. The molecule has 0 unspecified atom stereocenters. The Hall–Kier alpha value is -3.61. The van der Waals surface area contributed by atoms with Crippen molar-refractivity contribution in [2.45, 2.75) is 12.8 Å². The number of hydrogen-bond acceptors (Lipinski definition) is 4. The molecule has 3 aromatic rings. The van der Waals surface area contributed by atoms with E-state index in [-0.39, 0.29) is 17.7 Å². The van der Waals surface area contributed by atoms with Gasteiger partial charge in [0.25, 0.3) is 11.8 Å². The molecule has 3 amide bonds. The highest BCUT2D eigenvalue weighted by Gasteiger charge is 2.28. The maximum Gasteiger partial charge on any atom is 0.289 e. The Morgan fingerprint density at radius 3 is 2.37 bits per heavy atom. The number of benzene rings is 2. The molecule has 7 nitrogen and oxygen atoms in total. The smallest absolute Gasteiger partial charge is 0.289 e. The van der Waals surface area contributed by atoms with Gasteiger partial charge < -0.3 is 19.5 Å². The zero-order chi connectivity index (χ0) is 20.7. The molecule has 1 fully saturated rings. The van der Waals surface area contributed by atoms with Crippen LogP contribution in [-0.4, -0.2) is 53.7 Å². The van der Waals surface area contributed by atoms with Gasteiger partial charge in [-0.05, 0) is 42.3 Å². The van der Waals surface area contributed by atoms with Crippen molar-refractivity contribution in [3.05, 3.63) is 65.4 Å². The van der Waals surface area contributed by atoms with E-state index in [1.807, 2.05) is 30.3 Å². The first kappa shape index (κ1) is 18.4. The summed E-state index contributed by atoms with van der Waals surface area (Å²) in [7, 11) is 0. The van der Waals surface area contributed by atoms with Crippen LogP contribution in [0.2, 0.25) is 0 Å². The molecule has 2 aromatic carbocycles. The topological polar surface area (TPSA) is 82.9 Å². The summed E-state index contributed by atoms with van der Waals surface area (Å²) in [4.78, 5) is 40.7. The second-order valence-electron chi connectivity index (χ2n) is 7.65. The lowest BCUT2D eigenvalue weighted by Gasteiger charge is -2.34. The van der Waals surface area contributed by atoms with Gasteiger partial charge in [-0.2, -0.15) is 0 Å². The summed E-state index contributed by atoms with van der Waals surface area (Å²) in [6.07, 6.45) is 1.08. The SMILES string of the molecule is O=C1CCc2cc(C(=O)N3CCN(C(=O)c4cc5ccccc5o4)CC3)ccc2N1. The summed E-state index contributed by atoms with van der Waals surface area (Å²) in [6, 6.07) is 14.7. The third-order valence-corrected chi connectivity index (χ3v) is 5.74. The molecule has 0 radical (unpaired) electrons. The van der Waals surface area contributed by atoms with Crippen LogP contribution in [0.1, 0.15) is 32.9 Å². The Balaban J connectivity index is 1.25. The quantitative estimate of drug-likeness (QED) is 0.713. The minimum atomic E-state index is -0.150. The van der Waals surface area contributed by atoms with Crippen molar-refractivity contribution < 1.29 is 18.8 Å². The van der Waals surface area contributed by atoms with Crippen molar-refractivity contribution in [2.75, 3.05) is 31.5 Å². The standard InChI is InChI=1S/C23H21N3O4/c27-21-8-6-15-13-17(5-7-18(15)24-21)22(28)25-9-11-26(12-10-25)23(29)20-14-16-3-1-2-4-19(16)30-20/h1-5,7,13-14H,6,8-12H2,(H,24,27). The number of hydrogen-bond donors (Lipinski definition) is 1. The first-order valence-corrected chi connectivity index (χ1v) is 10.1. The number of furan rings is 1. The number of carbonyl (C=O) groups is 3. The van der Waals surface area contributed by atoms with E-state index in [9.17, 15) is 14.4 Å². The van der Waals surface area contributed by atoms with Gasteiger partial charge >= 0.3 is 0 Å². The number of fused-ring (bicyclic) bond motifs is 2. The molecule has 1 saturated heterocycles. The molecule has 3 heterocycles. The average Bonchev–Trinajstić information content (AvgIpc) is 3.22. The number of nitrogens with zero attached hydrogens (tertiary/aromatic N) is 2. The molecule has 0 saturated carbocycles. The van der Waals surface area contributed by atoms with Gasteiger partial charge in [0.15, 0.2) is 5.76 Å². The van der Waals surface area contributed by atoms with Crippen LogP contribution >= 0.6 is 0 Å². The second-order valence-corrected chi connectivity index (χ2v) is 7.65. The lowest BCUT2D eigenvalue weighted by Crippen LogP contribution is -2.50. The Labute approximate surface area is 173 Å². The van der Waals surface area contributed by atoms with E-state index in [0.717, 1.165) is 16.6 Å². The van der Waals surface area contributed by atoms with E-state index in [0.29, 0.717) is 55.9 Å². The molecule has 0 aliphatic carbocycles. The number of aryl methyl sites for hydroxylation is 1. The minimum Gasteiger partial charge on any atom is -0.451 e. The maximum absolute atomic E-state index is 12.9. The first-order valence-electron chi connectivity index (χ1n) is 10.1. The lowest BCUT2D eigenvalue weighted by molar-refractivity contribution is -0.116. The van der Waals surface area contributed by atoms with Crippen molar-refractivity contribution >= 4 is 34.4 Å². The fourth-order valence-electron chi connectivity index (χ4n) is 4.05. The number of piperazine rings is 1. The zero-order valence-corrected chi connectivity index (χ0v) is 16.4. The van der Waals surface area contributed by atoms with E-state index in [1.165, 1.54) is 0 Å². The molecule has 0 atom stereocenters. The summed E-state index contributed by atoms with van der Waals surface area (Å²) in [5.41, 5.74) is 3.07. The number of para-hydroxylation sites is 1. The van der Waals surface area contributed by atoms with Crippen LogP contribution < -0.4 is 5.32 Å².